The first kappa shape index (κ1) is 18.1. The molecule has 0 radical (unpaired) electrons. The number of amides is 2. The molecule has 0 aromatic heterocycles. The molecule has 1 atom stereocenters. The lowest BCUT2D eigenvalue weighted by atomic mass is 10.1. The predicted octanol–water partition coefficient (Wildman–Crippen LogP) is 3.53. The van der Waals surface area contributed by atoms with Crippen molar-refractivity contribution in [3.05, 3.63) is 63.6 Å². The third kappa shape index (κ3) is 4.88. The average molecular weight is 367 g/mol. The summed E-state index contributed by atoms with van der Waals surface area (Å²) >= 11 is 11.8. The molecular weight excluding hydrogens is 351 g/mol. The van der Waals surface area contributed by atoms with E-state index in [1.54, 1.807) is 24.3 Å². The van der Waals surface area contributed by atoms with Crippen LogP contribution in [0, 0.1) is 6.92 Å². The quantitative estimate of drug-likeness (QED) is 0.813. The molecular formula is C17H16Cl2N2O3. The molecule has 0 fully saturated rings. The van der Waals surface area contributed by atoms with Gasteiger partial charge in [0.2, 0.25) is 0 Å². The fraction of sp³-hybridized carbons (Fsp3) is 0.176. The summed E-state index contributed by atoms with van der Waals surface area (Å²) in [5.41, 5.74) is 6.13. The molecule has 0 unspecified atom stereocenters. The molecule has 0 aliphatic heterocycles. The summed E-state index contributed by atoms with van der Waals surface area (Å²) in [5.74, 6) is -0.602. The van der Waals surface area contributed by atoms with Crippen LogP contribution >= 0.6 is 23.2 Å². The molecule has 126 valence electrons. The van der Waals surface area contributed by atoms with Crippen LogP contribution in [0.15, 0.2) is 42.5 Å². The smallest absolute Gasteiger partial charge is 0.279 e. The van der Waals surface area contributed by atoms with Crippen molar-refractivity contribution >= 4 is 35.0 Å². The number of rotatable bonds is 4. The molecule has 0 saturated heterocycles. The first-order valence-corrected chi connectivity index (χ1v) is 7.91. The van der Waals surface area contributed by atoms with E-state index in [4.69, 9.17) is 27.9 Å². The minimum Gasteiger partial charge on any atom is -0.479 e. The Labute approximate surface area is 149 Å². The van der Waals surface area contributed by atoms with E-state index in [9.17, 15) is 9.59 Å². The topological polar surface area (TPSA) is 67.4 Å². The molecule has 0 aliphatic carbocycles. The second-order valence-electron chi connectivity index (χ2n) is 5.14. The van der Waals surface area contributed by atoms with Crippen LogP contribution in [0.3, 0.4) is 0 Å². The lowest BCUT2D eigenvalue weighted by Crippen LogP contribution is -2.47. The first-order valence-electron chi connectivity index (χ1n) is 7.15. The van der Waals surface area contributed by atoms with Crippen molar-refractivity contribution in [1.29, 1.82) is 0 Å². The maximum absolute atomic E-state index is 12.0. The maximum Gasteiger partial charge on any atom is 0.279 e. The normalized spacial score (nSPS) is 11.5. The van der Waals surface area contributed by atoms with Gasteiger partial charge in [0.15, 0.2) is 6.10 Å². The average Bonchev–Trinajstić information content (AvgIpc) is 2.55. The Morgan fingerprint density at radius 1 is 1.04 bits per heavy atom. The van der Waals surface area contributed by atoms with E-state index >= 15 is 0 Å². The van der Waals surface area contributed by atoms with Gasteiger partial charge in [0.25, 0.3) is 11.8 Å². The molecule has 0 bridgehead atoms. The highest BCUT2D eigenvalue weighted by Crippen LogP contribution is 2.28. The van der Waals surface area contributed by atoms with Crippen molar-refractivity contribution in [3.63, 3.8) is 0 Å². The minimum absolute atomic E-state index is 0.297. The van der Waals surface area contributed by atoms with Gasteiger partial charge in [-0.1, -0.05) is 40.9 Å². The number of halogens is 2. The highest BCUT2D eigenvalue weighted by Gasteiger charge is 2.17. The van der Waals surface area contributed by atoms with Gasteiger partial charge < -0.3 is 4.74 Å². The second kappa shape index (κ2) is 8.04. The molecule has 2 amide bonds. The zero-order valence-electron chi connectivity index (χ0n) is 13.1. The summed E-state index contributed by atoms with van der Waals surface area (Å²) in [6.07, 6.45) is -0.859. The highest BCUT2D eigenvalue weighted by molar-refractivity contribution is 6.35. The largest absolute Gasteiger partial charge is 0.479 e. The monoisotopic (exact) mass is 366 g/mol. The molecule has 0 saturated carbocycles. The van der Waals surface area contributed by atoms with Crippen LogP contribution in [0.25, 0.3) is 0 Å². The Hall–Kier alpha value is -2.24. The predicted molar refractivity (Wildman–Crippen MR) is 93.3 cm³/mol. The van der Waals surface area contributed by atoms with E-state index < -0.39 is 17.9 Å². The molecule has 7 heteroatoms. The van der Waals surface area contributed by atoms with Gasteiger partial charge in [-0.25, -0.2) is 0 Å². The third-order valence-electron chi connectivity index (χ3n) is 3.18. The first-order chi connectivity index (χ1) is 11.4. The number of benzene rings is 2. The van der Waals surface area contributed by atoms with Gasteiger partial charge in [-0.15, -0.1) is 0 Å². The lowest BCUT2D eigenvalue weighted by Gasteiger charge is -2.16. The highest BCUT2D eigenvalue weighted by atomic mass is 35.5. The van der Waals surface area contributed by atoms with Crippen LogP contribution in [0.5, 0.6) is 5.75 Å². The molecule has 5 nitrogen and oxygen atoms in total. The fourth-order valence-electron chi connectivity index (χ4n) is 1.81. The zero-order valence-corrected chi connectivity index (χ0v) is 14.6. The Kier molecular flexibility index (Phi) is 6.06. The van der Waals surface area contributed by atoms with Gasteiger partial charge >= 0.3 is 0 Å². The van der Waals surface area contributed by atoms with Crippen LogP contribution in [0.2, 0.25) is 10.0 Å². The van der Waals surface area contributed by atoms with Gasteiger partial charge in [-0.3, -0.25) is 20.4 Å². The number of hydrazine groups is 1. The van der Waals surface area contributed by atoms with Gasteiger partial charge in [-0.2, -0.15) is 0 Å². The minimum atomic E-state index is -0.859. The second-order valence-corrected chi connectivity index (χ2v) is 5.99. The van der Waals surface area contributed by atoms with Crippen molar-refractivity contribution < 1.29 is 14.3 Å². The van der Waals surface area contributed by atoms with E-state index in [1.807, 2.05) is 19.1 Å². The van der Waals surface area contributed by atoms with E-state index in [2.05, 4.69) is 10.9 Å². The summed E-state index contributed by atoms with van der Waals surface area (Å²) in [6.45, 7) is 3.46. The van der Waals surface area contributed by atoms with E-state index in [0.29, 0.717) is 21.4 Å². The third-order valence-corrected chi connectivity index (χ3v) is 3.71. The fourth-order valence-corrected chi connectivity index (χ4v) is 2.26. The number of hydrogen-bond donors (Lipinski definition) is 2. The van der Waals surface area contributed by atoms with Gasteiger partial charge in [0, 0.05) is 10.6 Å². The van der Waals surface area contributed by atoms with Crippen LogP contribution in [0.4, 0.5) is 0 Å². The molecule has 24 heavy (non-hydrogen) atoms. The van der Waals surface area contributed by atoms with Crippen LogP contribution in [-0.2, 0) is 4.79 Å². The Morgan fingerprint density at radius 3 is 2.33 bits per heavy atom. The Bertz CT molecular complexity index is 748. The Balaban J connectivity index is 1.89. The molecule has 0 heterocycles. The van der Waals surface area contributed by atoms with Crippen molar-refractivity contribution in [1.82, 2.24) is 10.9 Å². The van der Waals surface area contributed by atoms with Crippen molar-refractivity contribution in [2.45, 2.75) is 20.0 Å². The summed E-state index contributed by atoms with van der Waals surface area (Å²) in [5, 5.41) is 0.764. The zero-order chi connectivity index (χ0) is 17.7. The lowest BCUT2D eigenvalue weighted by molar-refractivity contribution is -0.128. The van der Waals surface area contributed by atoms with E-state index in [-0.39, 0.29) is 0 Å². The van der Waals surface area contributed by atoms with E-state index in [1.165, 1.54) is 13.0 Å². The number of carbonyl (C=O) groups excluding carboxylic acids is 2. The van der Waals surface area contributed by atoms with E-state index in [0.717, 1.165) is 5.56 Å². The van der Waals surface area contributed by atoms with Gasteiger partial charge in [-0.05, 0) is 44.2 Å². The molecule has 2 rings (SSSR count). The summed E-state index contributed by atoms with van der Waals surface area (Å²) in [7, 11) is 0. The maximum atomic E-state index is 12.0. The summed E-state index contributed by atoms with van der Waals surface area (Å²) in [4.78, 5) is 23.9. The van der Waals surface area contributed by atoms with Crippen molar-refractivity contribution in [2.24, 2.45) is 0 Å². The van der Waals surface area contributed by atoms with Crippen LogP contribution in [-0.4, -0.2) is 17.9 Å². The number of ether oxygens (including phenoxy) is 1. The molecule has 2 aromatic carbocycles. The number of hydrogen-bond acceptors (Lipinski definition) is 3. The van der Waals surface area contributed by atoms with Crippen molar-refractivity contribution in [2.75, 3.05) is 0 Å². The standard InChI is InChI=1S/C17H16Cl2N2O3/c1-10-3-5-12(6-4-10)17(23)21-20-16(22)11(2)24-15-8-7-13(18)9-14(15)19/h3-9,11H,1-2H3,(H,20,22)(H,21,23)/t11-/m0/s1. The molecule has 2 aromatic rings. The number of carbonyl (C=O) groups is 2. The molecule has 0 aliphatic rings. The van der Waals surface area contributed by atoms with Crippen LogP contribution in [0.1, 0.15) is 22.8 Å². The molecule has 2 N–H and O–H groups in total. The number of aryl methyl sites for hydroxylation is 1. The molecule has 0 spiro atoms. The Morgan fingerprint density at radius 2 is 1.71 bits per heavy atom. The van der Waals surface area contributed by atoms with Crippen LogP contribution < -0.4 is 15.6 Å². The van der Waals surface area contributed by atoms with Gasteiger partial charge in [0.05, 0.1) is 5.02 Å². The SMILES string of the molecule is Cc1ccc(C(=O)NNC(=O)[C@H](C)Oc2ccc(Cl)cc2Cl)cc1. The number of nitrogens with one attached hydrogen (secondary N) is 2. The summed E-state index contributed by atoms with van der Waals surface area (Å²) < 4.78 is 5.46. The summed E-state index contributed by atoms with van der Waals surface area (Å²) in [6, 6.07) is 11.7. The van der Waals surface area contributed by atoms with Crippen molar-refractivity contribution in [3.8, 4) is 5.75 Å². The van der Waals surface area contributed by atoms with Gasteiger partial charge in [0.1, 0.15) is 5.75 Å².